The van der Waals surface area contributed by atoms with Crippen molar-refractivity contribution in [3.63, 3.8) is 0 Å². The summed E-state index contributed by atoms with van der Waals surface area (Å²) in [4.78, 5) is 12.1. The van der Waals surface area contributed by atoms with E-state index in [-0.39, 0.29) is 5.91 Å². The highest BCUT2D eigenvalue weighted by atomic mass is 16.1. The summed E-state index contributed by atoms with van der Waals surface area (Å²) in [7, 11) is 0. The topological polar surface area (TPSA) is 57.8 Å². The number of anilines is 1. The van der Waals surface area contributed by atoms with Crippen LogP contribution in [0.5, 0.6) is 0 Å². The second kappa shape index (κ2) is 6.37. The summed E-state index contributed by atoms with van der Waals surface area (Å²) in [6.45, 7) is 6.03. The van der Waals surface area contributed by atoms with Gasteiger partial charge in [0.2, 0.25) is 5.91 Å². The molecule has 0 aliphatic carbocycles. The predicted molar refractivity (Wildman–Crippen MR) is 80.8 cm³/mol. The number of hydrogen-bond acceptors (Lipinski definition) is 2. The molecule has 2 N–H and O–H groups in total. The predicted octanol–water partition coefficient (Wildman–Crippen LogP) is 3.16. The number of aromatic nitrogens is 2. The molecule has 0 aliphatic heterocycles. The number of rotatable bonds is 5. The minimum atomic E-state index is 0.0471. The summed E-state index contributed by atoms with van der Waals surface area (Å²) in [5, 5.41) is 10.1. The van der Waals surface area contributed by atoms with Crippen molar-refractivity contribution < 1.29 is 4.79 Å². The van der Waals surface area contributed by atoms with Gasteiger partial charge in [-0.2, -0.15) is 5.10 Å². The number of benzene rings is 1. The lowest BCUT2D eigenvalue weighted by atomic mass is 10.1. The Kier molecular flexibility index (Phi) is 4.56. The lowest BCUT2D eigenvalue weighted by Gasteiger charge is -2.09. The van der Waals surface area contributed by atoms with Crippen LogP contribution in [0, 0.1) is 13.8 Å². The van der Waals surface area contributed by atoms with Crippen LogP contribution in [0.1, 0.15) is 35.9 Å². The summed E-state index contributed by atoms with van der Waals surface area (Å²) in [5.41, 5.74) is 5.25. The molecule has 4 nitrogen and oxygen atoms in total. The molecule has 0 saturated carbocycles. The number of carbonyl (C=O) groups excluding carboxylic acids is 1. The van der Waals surface area contributed by atoms with E-state index in [0.717, 1.165) is 34.6 Å². The van der Waals surface area contributed by atoms with Gasteiger partial charge < -0.3 is 5.32 Å². The van der Waals surface area contributed by atoms with Gasteiger partial charge >= 0.3 is 0 Å². The molecule has 0 atom stereocenters. The Labute approximate surface area is 119 Å². The molecule has 1 aromatic heterocycles. The highest BCUT2D eigenvalue weighted by Crippen LogP contribution is 2.17. The number of nitrogens with zero attached hydrogens (tertiary/aromatic N) is 1. The van der Waals surface area contributed by atoms with Crippen LogP contribution in [-0.4, -0.2) is 16.1 Å². The monoisotopic (exact) mass is 271 g/mol. The van der Waals surface area contributed by atoms with Gasteiger partial charge in [-0.3, -0.25) is 9.89 Å². The normalized spacial score (nSPS) is 10.6. The number of nitrogens with one attached hydrogen (secondary N) is 2. The average molecular weight is 271 g/mol. The number of H-pyrrole nitrogens is 1. The lowest BCUT2D eigenvalue weighted by Crippen LogP contribution is -2.13. The van der Waals surface area contributed by atoms with Crippen molar-refractivity contribution in [2.45, 2.75) is 40.0 Å². The Balaban J connectivity index is 1.96. The minimum Gasteiger partial charge on any atom is -0.326 e. The van der Waals surface area contributed by atoms with Gasteiger partial charge in [-0.15, -0.1) is 0 Å². The number of carbonyl (C=O) groups is 1. The second-order valence-electron chi connectivity index (χ2n) is 4.97. The van der Waals surface area contributed by atoms with Crippen molar-refractivity contribution in [2.24, 2.45) is 0 Å². The van der Waals surface area contributed by atoms with E-state index in [2.05, 4.69) is 22.4 Å². The molecule has 2 aromatic rings. The van der Waals surface area contributed by atoms with Gasteiger partial charge in [-0.05, 0) is 43.9 Å². The maximum Gasteiger partial charge on any atom is 0.224 e. The zero-order chi connectivity index (χ0) is 14.5. The summed E-state index contributed by atoms with van der Waals surface area (Å²) >= 11 is 0. The molecular weight excluding hydrogens is 250 g/mol. The molecule has 0 saturated heterocycles. The lowest BCUT2D eigenvalue weighted by molar-refractivity contribution is -0.116. The molecule has 0 aliphatic rings. The van der Waals surface area contributed by atoms with E-state index in [1.807, 2.05) is 38.1 Å². The van der Waals surface area contributed by atoms with Crippen LogP contribution in [0.25, 0.3) is 0 Å². The Morgan fingerprint density at radius 2 is 2.05 bits per heavy atom. The minimum absolute atomic E-state index is 0.0471. The Hall–Kier alpha value is -2.10. The van der Waals surface area contributed by atoms with Crippen molar-refractivity contribution in [3.05, 3.63) is 46.8 Å². The van der Waals surface area contributed by atoms with E-state index in [0.29, 0.717) is 12.8 Å². The van der Waals surface area contributed by atoms with Crippen LogP contribution in [0.4, 0.5) is 5.69 Å². The maximum absolute atomic E-state index is 12.1. The Bertz CT molecular complexity index is 582. The molecule has 20 heavy (non-hydrogen) atoms. The molecule has 1 aromatic carbocycles. The van der Waals surface area contributed by atoms with Gasteiger partial charge in [0.1, 0.15) is 0 Å². The van der Waals surface area contributed by atoms with E-state index in [4.69, 9.17) is 0 Å². The fourth-order valence-electron chi connectivity index (χ4n) is 2.34. The SMILES string of the molecule is CCc1ccccc1NC(=O)CCc1c(C)n[nH]c1C. The molecule has 0 spiro atoms. The van der Waals surface area contributed by atoms with E-state index in [1.165, 1.54) is 0 Å². The molecule has 1 heterocycles. The van der Waals surface area contributed by atoms with Gasteiger partial charge in [0.05, 0.1) is 5.69 Å². The molecule has 0 unspecified atom stereocenters. The number of hydrogen-bond donors (Lipinski definition) is 2. The fraction of sp³-hybridized carbons (Fsp3) is 0.375. The van der Waals surface area contributed by atoms with Crippen molar-refractivity contribution in [2.75, 3.05) is 5.32 Å². The summed E-state index contributed by atoms with van der Waals surface area (Å²) in [5.74, 6) is 0.0471. The van der Waals surface area contributed by atoms with Gasteiger partial charge in [-0.25, -0.2) is 0 Å². The van der Waals surface area contributed by atoms with Crippen molar-refractivity contribution >= 4 is 11.6 Å². The van der Waals surface area contributed by atoms with Crippen molar-refractivity contribution in [1.82, 2.24) is 10.2 Å². The molecule has 4 heteroatoms. The third kappa shape index (κ3) is 3.26. The van der Waals surface area contributed by atoms with Gasteiger partial charge in [0.15, 0.2) is 0 Å². The van der Waals surface area contributed by atoms with E-state index < -0.39 is 0 Å². The third-order valence-electron chi connectivity index (χ3n) is 3.56. The summed E-state index contributed by atoms with van der Waals surface area (Å²) in [6, 6.07) is 7.93. The first-order chi connectivity index (χ1) is 9.61. The Morgan fingerprint density at radius 1 is 1.30 bits per heavy atom. The second-order valence-corrected chi connectivity index (χ2v) is 4.97. The zero-order valence-electron chi connectivity index (χ0n) is 12.3. The maximum atomic E-state index is 12.1. The molecule has 0 fully saturated rings. The highest BCUT2D eigenvalue weighted by molar-refractivity contribution is 5.91. The number of aromatic amines is 1. The van der Waals surface area contributed by atoms with Crippen LogP contribution < -0.4 is 5.32 Å². The fourth-order valence-corrected chi connectivity index (χ4v) is 2.34. The average Bonchev–Trinajstić information content (AvgIpc) is 2.76. The van der Waals surface area contributed by atoms with Crippen molar-refractivity contribution in [1.29, 1.82) is 0 Å². The largest absolute Gasteiger partial charge is 0.326 e. The van der Waals surface area contributed by atoms with Crippen LogP contribution in [0.15, 0.2) is 24.3 Å². The first kappa shape index (κ1) is 14.3. The zero-order valence-corrected chi connectivity index (χ0v) is 12.3. The van der Waals surface area contributed by atoms with Gasteiger partial charge in [-0.1, -0.05) is 25.1 Å². The molecule has 0 radical (unpaired) electrons. The van der Waals surface area contributed by atoms with Crippen LogP contribution in [0.3, 0.4) is 0 Å². The van der Waals surface area contributed by atoms with E-state index in [9.17, 15) is 4.79 Å². The first-order valence-corrected chi connectivity index (χ1v) is 7.00. The number of para-hydroxylation sites is 1. The standard InChI is InChI=1S/C16H21N3O/c1-4-13-7-5-6-8-15(13)17-16(20)10-9-14-11(2)18-19-12(14)3/h5-8H,4,9-10H2,1-3H3,(H,17,20)(H,18,19). The van der Waals surface area contributed by atoms with E-state index >= 15 is 0 Å². The quantitative estimate of drug-likeness (QED) is 0.877. The summed E-state index contributed by atoms with van der Waals surface area (Å²) in [6.07, 6.45) is 2.10. The van der Waals surface area contributed by atoms with Gasteiger partial charge in [0.25, 0.3) is 0 Å². The summed E-state index contributed by atoms with van der Waals surface area (Å²) < 4.78 is 0. The number of amides is 1. The molecule has 0 bridgehead atoms. The van der Waals surface area contributed by atoms with Crippen LogP contribution in [0.2, 0.25) is 0 Å². The first-order valence-electron chi connectivity index (χ1n) is 7.00. The smallest absolute Gasteiger partial charge is 0.224 e. The van der Waals surface area contributed by atoms with Crippen LogP contribution in [-0.2, 0) is 17.6 Å². The van der Waals surface area contributed by atoms with E-state index in [1.54, 1.807) is 0 Å². The molecule has 1 amide bonds. The van der Waals surface area contributed by atoms with Gasteiger partial charge in [0, 0.05) is 17.8 Å². The highest BCUT2D eigenvalue weighted by Gasteiger charge is 2.10. The van der Waals surface area contributed by atoms with Crippen LogP contribution >= 0.6 is 0 Å². The van der Waals surface area contributed by atoms with Crippen molar-refractivity contribution in [3.8, 4) is 0 Å². The Morgan fingerprint density at radius 3 is 2.70 bits per heavy atom. The molecular formula is C16H21N3O. The molecule has 106 valence electrons. The molecule has 2 rings (SSSR count). The third-order valence-corrected chi connectivity index (χ3v) is 3.56. The number of aryl methyl sites for hydroxylation is 3.